The van der Waals surface area contributed by atoms with Gasteiger partial charge in [-0.05, 0) is 48.3 Å². The second kappa shape index (κ2) is 7.85. The van der Waals surface area contributed by atoms with Crippen molar-refractivity contribution in [1.29, 1.82) is 0 Å². The summed E-state index contributed by atoms with van der Waals surface area (Å²) in [6.07, 6.45) is 3.32. The number of rotatable bonds is 4. The van der Waals surface area contributed by atoms with E-state index in [4.69, 9.17) is 0 Å². The summed E-state index contributed by atoms with van der Waals surface area (Å²) in [5.74, 6) is 0.387. The van der Waals surface area contributed by atoms with Gasteiger partial charge >= 0.3 is 0 Å². The van der Waals surface area contributed by atoms with E-state index in [1.54, 1.807) is 11.3 Å². The van der Waals surface area contributed by atoms with Gasteiger partial charge < -0.3 is 10.6 Å². The summed E-state index contributed by atoms with van der Waals surface area (Å²) >= 11 is 1.57. The largest absolute Gasteiger partial charge is 0.322 e. The summed E-state index contributed by atoms with van der Waals surface area (Å²) in [4.78, 5) is 26.3. The van der Waals surface area contributed by atoms with Gasteiger partial charge in [0.2, 0.25) is 5.91 Å². The SMILES string of the molecule is CCC(=O)Nc1sc2c(c1C(=O)Nc1ccccc1)CCC(C(C)(C)C)C2. The van der Waals surface area contributed by atoms with E-state index >= 15 is 0 Å². The van der Waals surface area contributed by atoms with Crippen LogP contribution in [0.25, 0.3) is 0 Å². The van der Waals surface area contributed by atoms with Gasteiger partial charge in [-0.15, -0.1) is 11.3 Å². The van der Waals surface area contributed by atoms with Crippen molar-refractivity contribution in [3.05, 3.63) is 46.3 Å². The fourth-order valence-corrected chi connectivity index (χ4v) is 4.92. The molecule has 0 radical (unpaired) electrons. The lowest BCUT2D eigenvalue weighted by molar-refractivity contribution is -0.115. The van der Waals surface area contributed by atoms with E-state index < -0.39 is 0 Å². The van der Waals surface area contributed by atoms with Crippen molar-refractivity contribution in [2.24, 2.45) is 11.3 Å². The van der Waals surface area contributed by atoms with Gasteiger partial charge in [-0.2, -0.15) is 0 Å². The molecule has 1 heterocycles. The Labute approximate surface area is 165 Å². The molecule has 1 aliphatic carbocycles. The van der Waals surface area contributed by atoms with E-state index in [1.165, 1.54) is 4.88 Å². The zero-order valence-corrected chi connectivity index (χ0v) is 17.3. The third-order valence-electron chi connectivity index (χ3n) is 5.32. The Morgan fingerprint density at radius 2 is 1.85 bits per heavy atom. The van der Waals surface area contributed by atoms with Crippen molar-refractivity contribution in [1.82, 2.24) is 0 Å². The zero-order valence-electron chi connectivity index (χ0n) is 16.5. The summed E-state index contributed by atoms with van der Waals surface area (Å²) in [6.45, 7) is 8.65. The molecule has 144 valence electrons. The number of anilines is 2. The van der Waals surface area contributed by atoms with Crippen LogP contribution in [0.4, 0.5) is 10.7 Å². The van der Waals surface area contributed by atoms with Crippen LogP contribution in [0.1, 0.15) is 61.3 Å². The maximum absolute atomic E-state index is 13.1. The van der Waals surface area contributed by atoms with Gasteiger partial charge in [0.25, 0.3) is 5.91 Å². The van der Waals surface area contributed by atoms with Gasteiger partial charge in [0.05, 0.1) is 5.56 Å². The molecule has 0 saturated carbocycles. The van der Waals surface area contributed by atoms with Crippen LogP contribution in [0.2, 0.25) is 0 Å². The first kappa shape index (κ1) is 19.6. The van der Waals surface area contributed by atoms with Crippen LogP contribution in [0.3, 0.4) is 0 Å². The third kappa shape index (κ3) is 4.41. The fourth-order valence-electron chi connectivity index (χ4n) is 3.58. The second-order valence-corrected chi connectivity index (χ2v) is 9.34. The average molecular weight is 385 g/mol. The Morgan fingerprint density at radius 3 is 2.48 bits per heavy atom. The molecular formula is C22H28N2O2S. The molecule has 0 bridgehead atoms. The minimum absolute atomic E-state index is 0.0604. The maximum Gasteiger partial charge on any atom is 0.258 e. The summed E-state index contributed by atoms with van der Waals surface area (Å²) in [5.41, 5.74) is 2.76. The molecule has 4 nitrogen and oxygen atoms in total. The summed E-state index contributed by atoms with van der Waals surface area (Å²) in [7, 11) is 0. The van der Waals surface area contributed by atoms with Crippen molar-refractivity contribution in [3.63, 3.8) is 0 Å². The molecular weight excluding hydrogens is 356 g/mol. The monoisotopic (exact) mass is 384 g/mol. The second-order valence-electron chi connectivity index (χ2n) is 8.24. The van der Waals surface area contributed by atoms with Crippen LogP contribution in [-0.4, -0.2) is 11.8 Å². The number of hydrogen-bond donors (Lipinski definition) is 2. The third-order valence-corrected chi connectivity index (χ3v) is 6.49. The Hall–Kier alpha value is -2.14. The molecule has 1 aliphatic rings. The van der Waals surface area contributed by atoms with Crippen molar-refractivity contribution in [2.45, 2.75) is 53.4 Å². The highest BCUT2D eigenvalue weighted by atomic mass is 32.1. The summed E-state index contributed by atoms with van der Waals surface area (Å²) in [6, 6.07) is 9.45. The number of thiophene rings is 1. The Balaban J connectivity index is 1.95. The predicted molar refractivity (Wildman–Crippen MR) is 113 cm³/mol. The summed E-state index contributed by atoms with van der Waals surface area (Å²) < 4.78 is 0. The van der Waals surface area contributed by atoms with Crippen LogP contribution >= 0.6 is 11.3 Å². The Bertz CT molecular complexity index is 834. The number of carbonyl (C=O) groups excluding carboxylic acids is 2. The number of hydrogen-bond acceptors (Lipinski definition) is 3. The molecule has 27 heavy (non-hydrogen) atoms. The van der Waals surface area contributed by atoms with E-state index in [1.807, 2.05) is 37.3 Å². The van der Waals surface area contributed by atoms with E-state index in [0.29, 0.717) is 22.9 Å². The van der Waals surface area contributed by atoms with Gasteiger partial charge in [0.15, 0.2) is 0 Å². The molecule has 2 aromatic rings. The molecule has 1 unspecified atom stereocenters. The lowest BCUT2D eigenvalue weighted by Crippen LogP contribution is -2.27. The fraction of sp³-hybridized carbons (Fsp3) is 0.455. The van der Waals surface area contributed by atoms with Crippen molar-refractivity contribution in [2.75, 3.05) is 10.6 Å². The standard InChI is InChI=1S/C22H28N2O2S/c1-5-18(25)24-21-19(20(26)23-15-9-7-6-8-10-15)16-12-11-14(22(2,3)4)13-17(16)27-21/h6-10,14H,5,11-13H2,1-4H3,(H,23,26)(H,24,25). The highest BCUT2D eigenvalue weighted by Crippen LogP contribution is 2.44. The van der Waals surface area contributed by atoms with Crippen molar-refractivity contribution in [3.8, 4) is 0 Å². The molecule has 0 aliphatic heterocycles. The predicted octanol–water partition coefficient (Wildman–Crippen LogP) is 5.50. The topological polar surface area (TPSA) is 58.2 Å². The van der Waals surface area contributed by atoms with Crippen LogP contribution in [0.15, 0.2) is 30.3 Å². The zero-order chi connectivity index (χ0) is 19.6. The van der Waals surface area contributed by atoms with Gasteiger partial charge in [0, 0.05) is 17.0 Å². The molecule has 3 rings (SSSR count). The van der Waals surface area contributed by atoms with E-state index in [-0.39, 0.29) is 17.2 Å². The molecule has 1 atom stereocenters. The van der Waals surface area contributed by atoms with Crippen LogP contribution < -0.4 is 10.6 Å². The molecule has 0 spiro atoms. The lowest BCUT2D eigenvalue weighted by Gasteiger charge is -2.33. The lowest BCUT2D eigenvalue weighted by atomic mass is 9.72. The van der Waals surface area contributed by atoms with Gasteiger partial charge in [0.1, 0.15) is 5.00 Å². The molecule has 1 aromatic carbocycles. The number of amides is 2. The molecule has 5 heteroatoms. The van der Waals surface area contributed by atoms with E-state index in [2.05, 4.69) is 31.4 Å². The van der Waals surface area contributed by atoms with Gasteiger partial charge in [-0.25, -0.2) is 0 Å². The number of para-hydroxylation sites is 1. The number of fused-ring (bicyclic) bond motifs is 1. The summed E-state index contributed by atoms with van der Waals surface area (Å²) in [5, 5.41) is 6.63. The van der Waals surface area contributed by atoms with Crippen molar-refractivity contribution >= 4 is 33.8 Å². The van der Waals surface area contributed by atoms with E-state index in [9.17, 15) is 9.59 Å². The van der Waals surface area contributed by atoms with Crippen LogP contribution in [-0.2, 0) is 17.6 Å². The minimum atomic E-state index is -0.140. The molecule has 1 aromatic heterocycles. The molecule has 0 fully saturated rings. The first-order valence-electron chi connectivity index (χ1n) is 9.60. The van der Waals surface area contributed by atoms with Crippen LogP contribution in [0, 0.1) is 11.3 Å². The Morgan fingerprint density at radius 1 is 1.15 bits per heavy atom. The quantitative estimate of drug-likeness (QED) is 0.731. The number of benzene rings is 1. The highest BCUT2D eigenvalue weighted by Gasteiger charge is 2.34. The first-order chi connectivity index (χ1) is 12.8. The normalized spacial score (nSPS) is 16.5. The minimum Gasteiger partial charge on any atom is -0.322 e. The smallest absolute Gasteiger partial charge is 0.258 e. The average Bonchev–Trinajstić information content (AvgIpc) is 2.98. The first-order valence-corrected chi connectivity index (χ1v) is 10.4. The van der Waals surface area contributed by atoms with Gasteiger partial charge in [-0.3, -0.25) is 9.59 Å². The maximum atomic E-state index is 13.1. The molecule has 0 saturated heterocycles. The molecule has 2 N–H and O–H groups in total. The highest BCUT2D eigenvalue weighted by molar-refractivity contribution is 7.17. The number of nitrogens with one attached hydrogen (secondary N) is 2. The van der Waals surface area contributed by atoms with Gasteiger partial charge in [-0.1, -0.05) is 45.9 Å². The Kier molecular flexibility index (Phi) is 5.70. The van der Waals surface area contributed by atoms with Crippen molar-refractivity contribution < 1.29 is 9.59 Å². The molecule has 2 amide bonds. The number of carbonyl (C=O) groups is 2. The van der Waals surface area contributed by atoms with Crippen LogP contribution in [0.5, 0.6) is 0 Å². The van der Waals surface area contributed by atoms with E-state index in [0.717, 1.165) is 30.5 Å².